The highest BCUT2D eigenvalue weighted by Gasteiger charge is 2.52. The first kappa shape index (κ1) is 37.5. The molecule has 8 rings (SSSR count). The largest absolute Gasteiger partial charge is 0.453 e. The molecule has 6 aliphatic rings. The van der Waals surface area contributed by atoms with Gasteiger partial charge in [-0.15, -0.1) is 0 Å². The van der Waals surface area contributed by atoms with E-state index in [1.54, 1.807) is 0 Å². The Kier molecular flexibility index (Phi) is 10.4. The van der Waals surface area contributed by atoms with Crippen LogP contribution in [0.2, 0.25) is 0 Å². The van der Waals surface area contributed by atoms with Crippen LogP contribution in [0.5, 0.6) is 0 Å². The molecule has 0 radical (unpaired) electrons. The Bertz CT molecular complexity index is 1930. The average Bonchev–Trinajstić information content (AvgIpc) is 4.02. The topological polar surface area (TPSA) is 162 Å². The predicted octanol–water partition coefficient (Wildman–Crippen LogP) is 6.61. The quantitative estimate of drug-likeness (QED) is 0.212. The molecule has 2 aliphatic heterocycles. The van der Waals surface area contributed by atoms with Gasteiger partial charge < -0.3 is 35.6 Å². The molecule has 0 bridgehead atoms. The molecule has 55 heavy (non-hydrogen) atoms. The first-order valence-corrected chi connectivity index (χ1v) is 20.7. The molecule has 12 nitrogen and oxygen atoms in total. The van der Waals surface area contributed by atoms with Crippen molar-refractivity contribution in [2.45, 2.75) is 110 Å². The summed E-state index contributed by atoms with van der Waals surface area (Å²) >= 11 is 0. The lowest BCUT2D eigenvalue weighted by Gasteiger charge is -2.38. The van der Waals surface area contributed by atoms with E-state index in [2.05, 4.69) is 39.6 Å². The average molecular weight is 751 g/mol. The van der Waals surface area contributed by atoms with E-state index >= 15 is 0 Å². The number of amides is 3. The highest BCUT2D eigenvalue weighted by atomic mass is 16.5. The van der Waals surface area contributed by atoms with Crippen LogP contribution in [0, 0.1) is 35.5 Å². The van der Waals surface area contributed by atoms with Gasteiger partial charge in [-0.25, -0.2) is 14.8 Å². The summed E-state index contributed by atoms with van der Waals surface area (Å²) in [5.41, 5.74) is 13.9. The smallest absolute Gasteiger partial charge is 0.407 e. The monoisotopic (exact) mass is 750 g/mol. The summed E-state index contributed by atoms with van der Waals surface area (Å²) in [6.45, 7) is 9.22. The van der Waals surface area contributed by atoms with Gasteiger partial charge in [0.05, 0.1) is 49.0 Å². The molecule has 12 heteroatoms. The fraction of sp³-hybridized carbons (Fsp3) is 0.605. The normalized spacial score (nSPS) is 28.5. The molecule has 4 aliphatic carbocycles. The van der Waals surface area contributed by atoms with Crippen molar-refractivity contribution in [1.82, 2.24) is 35.1 Å². The molecule has 2 aromatic heterocycles. The number of likely N-dealkylation sites (tertiary alicyclic amines) is 2. The molecule has 3 amide bonds. The van der Waals surface area contributed by atoms with E-state index in [-0.39, 0.29) is 35.7 Å². The fourth-order valence-electron chi connectivity index (χ4n) is 10.3. The van der Waals surface area contributed by atoms with Crippen molar-refractivity contribution < 1.29 is 19.1 Å². The third-order valence-corrected chi connectivity index (χ3v) is 13.6. The zero-order chi connectivity index (χ0) is 38.5. The summed E-state index contributed by atoms with van der Waals surface area (Å²) in [5.74, 6) is 4.01. The van der Waals surface area contributed by atoms with Crippen LogP contribution < -0.4 is 11.1 Å². The number of H-pyrrole nitrogens is 2. The third-order valence-electron chi connectivity index (χ3n) is 13.6. The van der Waals surface area contributed by atoms with Gasteiger partial charge in [-0.1, -0.05) is 52.0 Å². The SMILES string of the molecule is COC(=O)NC(C(=O)N1CCCC1c1ncc(C2=CC=C(C3=CC=C(c4cnc(C5CCCN5C(=O)C(N)C(C)C)[nH]4)CC3)C3C2CC2CCC23)[nH]1)C(C)C. The zero-order valence-electron chi connectivity index (χ0n) is 33.0. The number of nitrogens with one attached hydrogen (secondary N) is 3. The fourth-order valence-corrected chi connectivity index (χ4v) is 10.3. The van der Waals surface area contributed by atoms with Crippen molar-refractivity contribution in [2.24, 2.45) is 41.2 Å². The minimum atomic E-state index is -0.659. The highest BCUT2D eigenvalue weighted by molar-refractivity contribution is 5.86. The van der Waals surface area contributed by atoms with Crippen molar-refractivity contribution in [2.75, 3.05) is 20.2 Å². The van der Waals surface area contributed by atoms with Crippen LogP contribution in [0.1, 0.15) is 121 Å². The predicted molar refractivity (Wildman–Crippen MR) is 211 cm³/mol. The van der Waals surface area contributed by atoms with Gasteiger partial charge in [-0.3, -0.25) is 9.59 Å². The zero-order valence-corrected chi connectivity index (χ0v) is 33.0. The Balaban J connectivity index is 1.00. The van der Waals surface area contributed by atoms with Crippen molar-refractivity contribution in [3.8, 4) is 0 Å². The van der Waals surface area contributed by atoms with Crippen LogP contribution in [0.15, 0.2) is 47.8 Å². The van der Waals surface area contributed by atoms with E-state index in [4.69, 9.17) is 20.4 Å². The summed E-state index contributed by atoms with van der Waals surface area (Å²) in [7, 11) is 1.32. The number of aromatic amines is 2. The molecule has 8 unspecified atom stereocenters. The van der Waals surface area contributed by atoms with Crippen molar-refractivity contribution >= 4 is 29.1 Å². The van der Waals surface area contributed by atoms with Crippen LogP contribution in [0.4, 0.5) is 4.79 Å². The number of hydrogen-bond donors (Lipinski definition) is 4. The van der Waals surface area contributed by atoms with Crippen LogP contribution >= 0.6 is 0 Å². The van der Waals surface area contributed by atoms with E-state index in [9.17, 15) is 14.4 Å². The van der Waals surface area contributed by atoms with Gasteiger partial charge >= 0.3 is 6.09 Å². The maximum atomic E-state index is 13.7. The minimum absolute atomic E-state index is 0.0170. The lowest BCUT2D eigenvalue weighted by molar-refractivity contribution is -0.136. The van der Waals surface area contributed by atoms with Crippen molar-refractivity contribution in [1.29, 1.82) is 0 Å². The number of carbonyl (C=O) groups is 3. The van der Waals surface area contributed by atoms with E-state index in [1.165, 1.54) is 48.7 Å². The Morgan fingerprint density at radius 1 is 0.800 bits per heavy atom. The van der Waals surface area contributed by atoms with E-state index in [1.807, 2.05) is 49.9 Å². The van der Waals surface area contributed by atoms with E-state index < -0.39 is 18.2 Å². The molecule has 4 heterocycles. The molecule has 5 N–H and O–H groups in total. The van der Waals surface area contributed by atoms with Gasteiger partial charge in [0.2, 0.25) is 11.8 Å². The van der Waals surface area contributed by atoms with Crippen LogP contribution in [-0.2, 0) is 14.3 Å². The number of hydrogen-bond acceptors (Lipinski definition) is 7. The summed E-state index contributed by atoms with van der Waals surface area (Å²) in [6, 6.07) is -1.36. The Hall–Kier alpha value is -4.45. The number of ether oxygens (including phenoxy) is 1. The molecule has 0 spiro atoms. The molecule has 2 saturated heterocycles. The molecule has 0 aromatic carbocycles. The van der Waals surface area contributed by atoms with E-state index in [0.29, 0.717) is 24.3 Å². The third kappa shape index (κ3) is 6.89. The van der Waals surface area contributed by atoms with Crippen LogP contribution in [0.25, 0.3) is 11.1 Å². The van der Waals surface area contributed by atoms with Gasteiger partial charge in [0, 0.05) is 13.1 Å². The second-order valence-electron chi connectivity index (χ2n) is 17.4. The number of methoxy groups -OCH3 is 1. The number of nitrogens with two attached hydrogens (primary N) is 1. The maximum Gasteiger partial charge on any atom is 0.407 e. The molecule has 294 valence electrons. The number of aromatic nitrogens is 4. The number of rotatable bonds is 10. The number of nitrogens with zero attached hydrogens (tertiary/aromatic N) is 4. The second kappa shape index (κ2) is 15.2. The van der Waals surface area contributed by atoms with Gasteiger partial charge in [-0.05, 0) is 116 Å². The minimum Gasteiger partial charge on any atom is -0.453 e. The molecular weight excluding hydrogens is 693 g/mol. The lowest BCUT2D eigenvalue weighted by Crippen LogP contribution is -2.51. The van der Waals surface area contributed by atoms with Gasteiger partial charge in [0.1, 0.15) is 17.7 Å². The summed E-state index contributed by atoms with van der Waals surface area (Å²) in [5, 5.41) is 2.75. The maximum absolute atomic E-state index is 13.7. The first-order chi connectivity index (χ1) is 26.5. The number of carbonyl (C=O) groups excluding carboxylic acids is 3. The standard InChI is InChI=1S/C43H58N8O4/c1-23(2)37(44)41(52)50-18-6-8-34(50)39-45-21-32(47-39)26-12-10-25(11-13-26)28-16-17-30(31-20-27-14-15-29(27)36(28)31)33-22-46-40(48-33)35-9-7-19-51(35)42(53)38(24(3)4)49-43(54)55-5/h10,12,16-17,21-24,27,29,31,34-38H,6-9,11,13-15,18-20,44H2,1-5H3,(H,45,47)(H,46,48)(H,49,54). The van der Waals surface area contributed by atoms with Gasteiger partial charge in [0.15, 0.2) is 0 Å². The lowest BCUT2D eigenvalue weighted by atomic mass is 9.66. The molecule has 8 atom stereocenters. The number of alkyl carbamates (subject to hydrolysis) is 1. The molecule has 2 aromatic rings. The van der Waals surface area contributed by atoms with E-state index in [0.717, 1.165) is 74.0 Å². The molecule has 2 saturated carbocycles. The Labute approximate surface area is 324 Å². The highest BCUT2D eigenvalue weighted by Crippen LogP contribution is 2.61. The van der Waals surface area contributed by atoms with Crippen LogP contribution in [-0.4, -0.2) is 79.9 Å². The summed E-state index contributed by atoms with van der Waals surface area (Å²) < 4.78 is 4.81. The number of imidazole rings is 2. The number of fused-ring (bicyclic) bond motifs is 3. The Morgan fingerprint density at radius 3 is 2.02 bits per heavy atom. The van der Waals surface area contributed by atoms with Gasteiger partial charge in [-0.2, -0.15) is 0 Å². The van der Waals surface area contributed by atoms with Crippen LogP contribution in [0.3, 0.4) is 0 Å². The molecular formula is C43H58N8O4. The Morgan fingerprint density at radius 2 is 1.42 bits per heavy atom. The van der Waals surface area contributed by atoms with Crippen molar-refractivity contribution in [3.05, 3.63) is 70.9 Å². The molecule has 4 fully saturated rings. The summed E-state index contributed by atoms with van der Waals surface area (Å²) in [4.78, 5) is 59.7. The number of allylic oxidation sites excluding steroid dienone is 8. The first-order valence-electron chi connectivity index (χ1n) is 20.7. The summed E-state index contributed by atoms with van der Waals surface area (Å²) in [6.07, 6.45) is 21.9. The van der Waals surface area contributed by atoms with Crippen molar-refractivity contribution in [3.63, 3.8) is 0 Å². The van der Waals surface area contributed by atoms with Gasteiger partial charge in [0.25, 0.3) is 0 Å². The second-order valence-corrected chi connectivity index (χ2v) is 17.4.